The summed E-state index contributed by atoms with van der Waals surface area (Å²) in [5.41, 5.74) is 0.926. The quantitative estimate of drug-likeness (QED) is 0.718. The number of carbonyl (C=O) groups is 1. The smallest absolute Gasteiger partial charge is 0.257 e. The molecular formula is C17H27N2O3+. The van der Waals surface area contributed by atoms with Crippen LogP contribution in [0.4, 0.5) is 0 Å². The van der Waals surface area contributed by atoms with Gasteiger partial charge < -0.3 is 19.7 Å². The molecule has 1 aliphatic heterocycles. The van der Waals surface area contributed by atoms with Crippen molar-refractivity contribution in [2.45, 2.75) is 32.3 Å². The minimum Gasteiger partial charge on any atom is -0.483 e. The van der Waals surface area contributed by atoms with E-state index in [0.29, 0.717) is 12.3 Å². The maximum Gasteiger partial charge on any atom is 0.257 e. The van der Waals surface area contributed by atoms with Gasteiger partial charge in [-0.3, -0.25) is 4.79 Å². The van der Waals surface area contributed by atoms with Crippen molar-refractivity contribution >= 4 is 5.91 Å². The third-order valence-corrected chi connectivity index (χ3v) is 3.59. The van der Waals surface area contributed by atoms with E-state index in [1.165, 1.54) is 4.90 Å². The number of quaternary nitrogens is 1. The van der Waals surface area contributed by atoms with Crippen molar-refractivity contribution in [2.24, 2.45) is 0 Å². The fraction of sp³-hybridized carbons (Fsp3) is 0.588. The summed E-state index contributed by atoms with van der Waals surface area (Å²) in [6.45, 7) is 5.85. The zero-order valence-corrected chi connectivity index (χ0v) is 14.0. The summed E-state index contributed by atoms with van der Waals surface area (Å²) in [6, 6.07) is 5.83. The SMILES string of the molecule is C[NH+](C)CCCNC(=O)COc1cccc2c1OC(C)(C)C2. The molecule has 0 aliphatic carbocycles. The maximum atomic E-state index is 11.8. The second-order valence-corrected chi connectivity index (χ2v) is 6.73. The Morgan fingerprint density at radius 1 is 1.41 bits per heavy atom. The first-order valence-corrected chi connectivity index (χ1v) is 7.87. The van der Waals surface area contributed by atoms with E-state index >= 15 is 0 Å². The van der Waals surface area contributed by atoms with Crippen LogP contribution in [0, 0.1) is 0 Å². The van der Waals surface area contributed by atoms with Gasteiger partial charge in [-0.25, -0.2) is 0 Å². The molecule has 1 aromatic rings. The van der Waals surface area contributed by atoms with E-state index in [1.807, 2.05) is 18.2 Å². The van der Waals surface area contributed by atoms with Crippen molar-refractivity contribution in [1.29, 1.82) is 0 Å². The van der Waals surface area contributed by atoms with E-state index in [1.54, 1.807) is 0 Å². The molecule has 122 valence electrons. The molecule has 0 aromatic heterocycles. The predicted molar refractivity (Wildman–Crippen MR) is 85.7 cm³/mol. The van der Waals surface area contributed by atoms with Gasteiger partial charge in [0.25, 0.3) is 5.91 Å². The lowest BCUT2D eigenvalue weighted by Gasteiger charge is -2.18. The van der Waals surface area contributed by atoms with Crippen molar-refractivity contribution in [1.82, 2.24) is 5.32 Å². The van der Waals surface area contributed by atoms with E-state index in [4.69, 9.17) is 9.47 Å². The van der Waals surface area contributed by atoms with Crippen LogP contribution in [0.3, 0.4) is 0 Å². The molecule has 1 amide bonds. The van der Waals surface area contributed by atoms with Crippen LogP contribution in [0.15, 0.2) is 18.2 Å². The van der Waals surface area contributed by atoms with Gasteiger partial charge in [0.2, 0.25) is 0 Å². The number of benzene rings is 1. The fourth-order valence-electron chi connectivity index (χ4n) is 2.57. The molecule has 22 heavy (non-hydrogen) atoms. The van der Waals surface area contributed by atoms with Gasteiger partial charge in [-0.15, -0.1) is 0 Å². The second kappa shape index (κ2) is 7.01. The Kier molecular flexibility index (Phi) is 5.29. The highest BCUT2D eigenvalue weighted by Crippen LogP contribution is 2.41. The molecule has 0 atom stereocenters. The third kappa shape index (κ3) is 4.63. The largest absolute Gasteiger partial charge is 0.483 e. The topological polar surface area (TPSA) is 52.0 Å². The number of fused-ring (bicyclic) bond motifs is 1. The van der Waals surface area contributed by atoms with E-state index in [2.05, 4.69) is 33.3 Å². The standard InChI is InChI=1S/C17H26N2O3/c1-17(2)11-13-7-5-8-14(16(13)22-17)21-12-15(20)18-9-6-10-19(3)4/h5,7-8H,6,9-12H2,1-4H3,(H,18,20)/p+1. The van der Waals surface area contributed by atoms with Crippen molar-refractivity contribution in [3.05, 3.63) is 23.8 Å². The molecule has 1 heterocycles. The highest BCUT2D eigenvalue weighted by molar-refractivity contribution is 5.77. The molecule has 1 aromatic carbocycles. The van der Waals surface area contributed by atoms with Gasteiger partial charge in [0, 0.05) is 24.9 Å². The molecule has 0 saturated carbocycles. The van der Waals surface area contributed by atoms with Crippen LogP contribution in [0.5, 0.6) is 11.5 Å². The zero-order valence-electron chi connectivity index (χ0n) is 14.0. The van der Waals surface area contributed by atoms with Crippen molar-refractivity contribution < 1.29 is 19.2 Å². The zero-order chi connectivity index (χ0) is 16.2. The van der Waals surface area contributed by atoms with Gasteiger partial charge in [0.1, 0.15) is 5.60 Å². The van der Waals surface area contributed by atoms with Gasteiger partial charge in [0.05, 0.1) is 20.6 Å². The van der Waals surface area contributed by atoms with Crippen molar-refractivity contribution in [2.75, 3.05) is 33.8 Å². The van der Waals surface area contributed by atoms with Crippen molar-refractivity contribution in [3.8, 4) is 11.5 Å². The average Bonchev–Trinajstić information content (AvgIpc) is 2.75. The summed E-state index contributed by atoms with van der Waals surface area (Å²) < 4.78 is 11.6. The van der Waals surface area contributed by atoms with Crippen LogP contribution in [0.2, 0.25) is 0 Å². The molecule has 1 aliphatic rings. The monoisotopic (exact) mass is 307 g/mol. The Morgan fingerprint density at radius 3 is 2.91 bits per heavy atom. The first-order valence-electron chi connectivity index (χ1n) is 7.87. The molecule has 0 unspecified atom stereocenters. The summed E-state index contributed by atoms with van der Waals surface area (Å²) >= 11 is 0. The second-order valence-electron chi connectivity index (χ2n) is 6.73. The van der Waals surface area contributed by atoms with Gasteiger partial charge in [-0.2, -0.15) is 0 Å². The van der Waals surface area contributed by atoms with Gasteiger partial charge >= 0.3 is 0 Å². The number of ether oxygens (including phenoxy) is 2. The van der Waals surface area contributed by atoms with Crippen LogP contribution in [0.25, 0.3) is 0 Å². The minimum absolute atomic E-state index is 0.0229. The minimum atomic E-state index is -0.210. The van der Waals surface area contributed by atoms with Crippen LogP contribution >= 0.6 is 0 Å². The van der Waals surface area contributed by atoms with Crippen molar-refractivity contribution in [3.63, 3.8) is 0 Å². The molecule has 0 bridgehead atoms. The summed E-state index contributed by atoms with van der Waals surface area (Å²) in [6.07, 6.45) is 1.82. The summed E-state index contributed by atoms with van der Waals surface area (Å²) in [7, 11) is 4.20. The molecule has 0 saturated heterocycles. The highest BCUT2D eigenvalue weighted by Gasteiger charge is 2.32. The van der Waals surface area contributed by atoms with Crippen LogP contribution in [-0.2, 0) is 11.2 Å². The number of nitrogens with one attached hydrogen (secondary N) is 2. The normalized spacial score (nSPS) is 15.3. The van der Waals surface area contributed by atoms with E-state index in [-0.39, 0.29) is 18.1 Å². The lowest BCUT2D eigenvalue weighted by molar-refractivity contribution is -0.858. The lowest BCUT2D eigenvalue weighted by atomic mass is 10.0. The third-order valence-electron chi connectivity index (χ3n) is 3.59. The average molecular weight is 307 g/mol. The van der Waals surface area contributed by atoms with E-state index in [0.717, 1.165) is 30.7 Å². The Bertz CT molecular complexity index is 527. The Hall–Kier alpha value is -1.75. The molecular weight excluding hydrogens is 280 g/mol. The molecule has 5 heteroatoms. The van der Waals surface area contributed by atoms with Gasteiger partial charge in [-0.1, -0.05) is 12.1 Å². The first kappa shape index (κ1) is 16.6. The van der Waals surface area contributed by atoms with E-state index < -0.39 is 0 Å². The maximum absolute atomic E-state index is 11.8. The van der Waals surface area contributed by atoms with Gasteiger partial charge in [-0.05, 0) is 19.9 Å². The molecule has 5 nitrogen and oxygen atoms in total. The number of hydrogen-bond donors (Lipinski definition) is 2. The predicted octanol–water partition coefficient (Wildman–Crippen LogP) is 0.430. The molecule has 2 rings (SSSR count). The number of hydrogen-bond acceptors (Lipinski definition) is 3. The Balaban J connectivity index is 1.81. The fourth-order valence-corrected chi connectivity index (χ4v) is 2.57. The number of rotatable bonds is 7. The lowest BCUT2D eigenvalue weighted by Crippen LogP contribution is -3.05. The van der Waals surface area contributed by atoms with Gasteiger partial charge in [0.15, 0.2) is 18.1 Å². The van der Waals surface area contributed by atoms with E-state index in [9.17, 15) is 4.79 Å². The molecule has 2 N–H and O–H groups in total. The molecule has 0 fully saturated rings. The molecule has 0 radical (unpaired) electrons. The first-order chi connectivity index (χ1) is 10.4. The Morgan fingerprint density at radius 2 is 2.18 bits per heavy atom. The highest BCUT2D eigenvalue weighted by atomic mass is 16.5. The number of amides is 1. The van der Waals surface area contributed by atoms with Crippen LogP contribution < -0.4 is 19.7 Å². The summed E-state index contributed by atoms with van der Waals surface area (Å²) in [4.78, 5) is 13.2. The van der Waals surface area contributed by atoms with Crippen LogP contribution in [0.1, 0.15) is 25.8 Å². The molecule has 0 spiro atoms. The summed E-state index contributed by atoms with van der Waals surface area (Å²) in [5, 5.41) is 2.87. The number of para-hydroxylation sites is 1. The summed E-state index contributed by atoms with van der Waals surface area (Å²) in [5.74, 6) is 1.33. The number of carbonyl (C=O) groups excluding carboxylic acids is 1. The Labute approximate surface area is 132 Å². The van der Waals surface area contributed by atoms with Crippen LogP contribution in [-0.4, -0.2) is 45.3 Å².